The molecule has 0 saturated carbocycles. The number of aromatic carboxylic acids is 1. The molecular formula is C14H23N3O5S. The second-order valence-corrected chi connectivity index (χ2v) is 7.93. The number of aryl methyl sites for hydroxylation is 1. The van der Waals surface area contributed by atoms with E-state index >= 15 is 0 Å². The van der Waals surface area contributed by atoms with E-state index in [2.05, 4.69) is 5.10 Å². The molecule has 2 heterocycles. The summed E-state index contributed by atoms with van der Waals surface area (Å²) in [5, 5.41) is 12.7. The Morgan fingerprint density at radius 2 is 2.17 bits per heavy atom. The molecule has 1 aromatic heterocycles. The molecule has 0 radical (unpaired) electrons. The minimum Gasteiger partial charge on any atom is -0.477 e. The number of carboxylic acids is 1. The average Bonchev–Trinajstić information content (AvgIpc) is 2.69. The summed E-state index contributed by atoms with van der Waals surface area (Å²) in [5.74, 6) is -0.867. The average molecular weight is 345 g/mol. The third-order valence-electron chi connectivity index (χ3n) is 3.85. The zero-order valence-corrected chi connectivity index (χ0v) is 14.4. The summed E-state index contributed by atoms with van der Waals surface area (Å²) in [4.78, 5) is 11.1. The number of aromatic nitrogens is 2. The van der Waals surface area contributed by atoms with E-state index in [0.717, 1.165) is 17.2 Å². The Hall–Kier alpha value is -1.45. The van der Waals surface area contributed by atoms with Crippen LogP contribution in [0.25, 0.3) is 0 Å². The third-order valence-corrected chi connectivity index (χ3v) is 5.68. The molecule has 2 rings (SSSR count). The maximum atomic E-state index is 12.9. The quantitative estimate of drug-likeness (QED) is 0.852. The summed E-state index contributed by atoms with van der Waals surface area (Å²) in [6.07, 6.45) is 1.34. The minimum atomic E-state index is -3.86. The van der Waals surface area contributed by atoms with Gasteiger partial charge in [-0.1, -0.05) is 13.8 Å². The molecule has 1 fully saturated rings. The molecule has 1 saturated heterocycles. The highest BCUT2D eigenvalue weighted by Gasteiger charge is 2.35. The van der Waals surface area contributed by atoms with Gasteiger partial charge in [0.15, 0.2) is 5.03 Å². The van der Waals surface area contributed by atoms with E-state index in [0.29, 0.717) is 25.6 Å². The molecule has 0 aromatic carbocycles. The van der Waals surface area contributed by atoms with E-state index in [1.165, 1.54) is 11.4 Å². The zero-order valence-electron chi connectivity index (χ0n) is 13.6. The summed E-state index contributed by atoms with van der Waals surface area (Å²) < 4.78 is 33.7. The standard InChI is InChI=1S/C14H23N3O5S/c1-10(2)8-11-4-6-22-7-5-17(11)23(20,21)13-9-12(14(18)19)16(3)15-13/h9-11H,4-8H2,1-3H3,(H,18,19). The van der Waals surface area contributed by atoms with Gasteiger partial charge in [-0.3, -0.25) is 4.68 Å². The first-order chi connectivity index (χ1) is 10.7. The number of hydrogen-bond acceptors (Lipinski definition) is 5. The number of carbonyl (C=O) groups is 1. The van der Waals surface area contributed by atoms with E-state index in [4.69, 9.17) is 9.84 Å². The topological polar surface area (TPSA) is 102 Å². The van der Waals surface area contributed by atoms with Crippen molar-refractivity contribution in [2.45, 2.75) is 37.8 Å². The van der Waals surface area contributed by atoms with Crippen molar-refractivity contribution in [3.63, 3.8) is 0 Å². The summed E-state index contributed by atoms with van der Waals surface area (Å²) in [5.41, 5.74) is -0.157. The largest absolute Gasteiger partial charge is 0.477 e. The lowest BCUT2D eigenvalue weighted by Crippen LogP contribution is -2.41. The molecule has 0 spiro atoms. The molecule has 8 nitrogen and oxygen atoms in total. The highest BCUT2D eigenvalue weighted by molar-refractivity contribution is 7.89. The van der Waals surface area contributed by atoms with Gasteiger partial charge in [-0.15, -0.1) is 0 Å². The second kappa shape index (κ2) is 6.98. The van der Waals surface area contributed by atoms with Gasteiger partial charge in [-0.05, 0) is 18.8 Å². The molecule has 0 bridgehead atoms. The number of carboxylic acid groups (broad SMARTS) is 1. The van der Waals surface area contributed by atoms with Crippen LogP contribution in [-0.4, -0.2) is 59.4 Å². The van der Waals surface area contributed by atoms with Gasteiger partial charge in [0.2, 0.25) is 0 Å². The zero-order chi connectivity index (χ0) is 17.2. The molecule has 23 heavy (non-hydrogen) atoms. The fraction of sp³-hybridized carbons (Fsp3) is 0.714. The number of sulfonamides is 1. The Kier molecular flexibility index (Phi) is 5.43. The van der Waals surface area contributed by atoms with Crippen molar-refractivity contribution in [3.05, 3.63) is 11.8 Å². The van der Waals surface area contributed by atoms with Gasteiger partial charge < -0.3 is 9.84 Å². The fourth-order valence-corrected chi connectivity index (χ4v) is 4.41. The smallest absolute Gasteiger partial charge is 0.354 e. The van der Waals surface area contributed by atoms with Crippen molar-refractivity contribution < 1.29 is 23.1 Å². The van der Waals surface area contributed by atoms with E-state index in [1.807, 2.05) is 13.8 Å². The maximum Gasteiger partial charge on any atom is 0.354 e. The molecule has 1 aromatic rings. The fourth-order valence-electron chi connectivity index (χ4n) is 2.79. The molecule has 0 aliphatic carbocycles. The van der Waals surface area contributed by atoms with Gasteiger partial charge in [-0.2, -0.15) is 9.40 Å². The van der Waals surface area contributed by atoms with E-state index in [9.17, 15) is 13.2 Å². The number of nitrogens with zero attached hydrogens (tertiary/aromatic N) is 3. The van der Waals surface area contributed by atoms with Crippen molar-refractivity contribution in [1.29, 1.82) is 0 Å². The molecule has 1 aliphatic rings. The van der Waals surface area contributed by atoms with Crippen LogP contribution in [0.4, 0.5) is 0 Å². The van der Waals surface area contributed by atoms with Crippen LogP contribution >= 0.6 is 0 Å². The van der Waals surface area contributed by atoms with Gasteiger partial charge in [-0.25, -0.2) is 13.2 Å². The van der Waals surface area contributed by atoms with E-state index in [-0.39, 0.29) is 23.3 Å². The van der Waals surface area contributed by atoms with Crippen LogP contribution in [0.1, 0.15) is 37.2 Å². The summed E-state index contributed by atoms with van der Waals surface area (Å²) in [7, 11) is -2.44. The van der Waals surface area contributed by atoms with Crippen molar-refractivity contribution in [2.24, 2.45) is 13.0 Å². The first-order valence-electron chi connectivity index (χ1n) is 7.60. The molecule has 1 aliphatic heterocycles. The van der Waals surface area contributed by atoms with Crippen LogP contribution in [0.5, 0.6) is 0 Å². The van der Waals surface area contributed by atoms with Crippen molar-refractivity contribution in [2.75, 3.05) is 19.8 Å². The van der Waals surface area contributed by atoms with Crippen molar-refractivity contribution >= 4 is 16.0 Å². The van der Waals surface area contributed by atoms with Crippen LogP contribution in [0.2, 0.25) is 0 Å². The van der Waals surface area contributed by atoms with Crippen LogP contribution in [0.15, 0.2) is 11.1 Å². The van der Waals surface area contributed by atoms with E-state index < -0.39 is 16.0 Å². The van der Waals surface area contributed by atoms with Crippen LogP contribution in [0.3, 0.4) is 0 Å². The number of ether oxygens (including phenoxy) is 1. The lowest BCUT2D eigenvalue weighted by molar-refractivity contribution is 0.0685. The molecule has 0 amide bonds. The molecule has 1 unspecified atom stereocenters. The maximum absolute atomic E-state index is 12.9. The van der Waals surface area contributed by atoms with Gasteiger partial charge in [0.25, 0.3) is 10.0 Å². The molecule has 1 N–H and O–H groups in total. The lowest BCUT2D eigenvalue weighted by Gasteiger charge is -2.28. The molecule has 1 atom stereocenters. The van der Waals surface area contributed by atoms with Crippen LogP contribution < -0.4 is 0 Å². The van der Waals surface area contributed by atoms with E-state index in [1.54, 1.807) is 0 Å². The number of hydrogen-bond donors (Lipinski definition) is 1. The summed E-state index contributed by atoms with van der Waals surface area (Å²) in [6, 6.07) is 0.938. The summed E-state index contributed by atoms with van der Waals surface area (Å²) >= 11 is 0. The first kappa shape index (κ1) is 17.9. The van der Waals surface area contributed by atoms with Gasteiger partial charge >= 0.3 is 5.97 Å². The molecular weight excluding hydrogens is 322 g/mol. The Labute approximate surface area is 136 Å². The monoisotopic (exact) mass is 345 g/mol. The van der Waals surface area contributed by atoms with Gasteiger partial charge in [0.05, 0.1) is 6.61 Å². The number of rotatable bonds is 5. The van der Waals surface area contributed by atoms with Crippen molar-refractivity contribution in [1.82, 2.24) is 14.1 Å². The predicted octanol–water partition coefficient (Wildman–Crippen LogP) is 0.944. The Bertz CT molecular complexity index is 668. The molecule has 130 valence electrons. The highest BCUT2D eigenvalue weighted by atomic mass is 32.2. The highest BCUT2D eigenvalue weighted by Crippen LogP contribution is 2.25. The Morgan fingerprint density at radius 3 is 2.74 bits per heavy atom. The Balaban J connectivity index is 2.38. The Morgan fingerprint density at radius 1 is 1.48 bits per heavy atom. The van der Waals surface area contributed by atoms with Gasteiger partial charge in [0.1, 0.15) is 5.69 Å². The van der Waals surface area contributed by atoms with Gasteiger partial charge in [0, 0.05) is 32.3 Å². The van der Waals surface area contributed by atoms with Crippen LogP contribution in [-0.2, 0) is 21.8 Å². The summed E-state index contributed by atoms with van der Waals surface area (Å²) in [6.45, 7) is 5.18. The second-order valence-electron chi connectivity index (χ2n) is 6.10. The first-order valence-corrected chi connectivity index (χ1v) is 9.04. The normalized spacial score (nSPS) is 20.6. The third kappa shape index (κ3) is 3.91. The minimum absolute atomic E-state index is 0.157. The molecule has 9 heteroatoms. The lowest BCUT2D eigenvalue weighted by atomic mass is 10.0. The van der Waals surface area contributed by atoms with Crippen LogP contribution in [0, 0.1) is 5.92 Å². The SMILES string of the molecule is CC(C)CC1CCOCCN1S(=O)(=O)c1cc(C(=O)O)n(C)n1. The predicted molar refractivity (Wildman–Crippen MR) is 82.7 cm³/mol. The van der Waals surface area contributed by atoms with Crippen molar-refractivity contribution in [3.8, 4) is 0 Å².